The number of fused-ring (bicyclic) bond motifs is 1. The number of methoxy groups -OCH3 is 1. The van der Waals surface area contributed by atoms with Gasteiger partial charge in [-0.05, 0) is 51.7 Å². The highest BCUT2D eigenvalue weighted by Gasteiger charge is 2.20. The van der Waals surface area contributed by atoms with Crippen LogP contribution in [0.5, 0.6) is 11.5 Å². The molecule has 1 aliphatic rings. The zero-order valence-corrected chi connectivity index (χ0v) is 15.0. The van der Waals surface area contributed by atoms with E-state index in [1.165, 1.54) is 22.3 Å². The third-order valence-corrected chi connectivity index (χ3v) is 5.07. The summed E-state index contributed by atoms with van der Waals surface area (Å²) in [5.41, 5.74) is 4.77. The van der Waals surface area contributed by atoms with E-state index in [9.17, 15) is 0 Å². The Balaban J connectivity index is 1.66. The highest BCUT2D eigenvalue weighted by Crippen LogP contribution is 2.38. The molecular weight excluding hydrogens is 332 g/mol. The molecule has 2 aromatic heterocycles. The number of nitrogens with zero attached hydrogens (tertiary/aromatic N) is 2. The van der Waals surface area contributed by atoms with Gasteiger partial charge in [0.2, 0.25) is 0 Å². The van der Waals surface area contributed by atoms with Crippen LogP contribution in [0.1, 0.15) is 11.1 Å². The lowest BCUT2D eigenvalue weighted by Gasteiger charge is -2.19. The third-order valence-electron chi connectivity index (χ3n) is 4.38. The van der Waals surface area contributed by atoms with Gasteiger partial charge in [0.1, 0.15) is 6.61 Å². The zero-order chi connectivity index (χ0) is 17.1. The van der Waals surface area contributed by atoms with Crippen LogP contribution < -0.4 is 9.47 Å². The molecule has 0 atom stereocenters. The van der Waals surface area contributed by atoms with Gasteiger partial charge in [0.05, 0.1) is 7.11 Å². The monoisotopic (exact) mass is 352 g/mol. The van der Waals surface area contributed by atoms with Crippen LogP contribution in [-0.2, 0) is 13.1 Å². The van der Waals surface area contributed by atoms with Crippen molar-refractivity contribution in [3.05, 3.63) is 64.6 Å². The fourth-order valence-electron chi connectivity index (χ4n) is 3.17. The number of pyridine rings is 1. The number of thiophene rings is 1. The van der Waals surface area contributed by atoms with Gasteiger partial charge in [0.25, 0.3) is 0 Å². The van der Waals surface area contributed by atoms with Crippen LogP contribution in [0.4, 0.5) is 0 Å². The Kier molecular flexibility index (Phi) is 4.68. The molecule has 0 fully saturated rings. The van der Waals surface area contributed by atoms with Crippen molar-refractivity contribution in [3.8, 4) is 22.6 Å². The van der Waals surface area contributed by atoms with E-state index < -0.39 is 0 Å². The van der Waals surface area contributed by atoms with Gasteiger partial charge in [-0.2, -0.15) is 11.3 Å². The van der Waals surface area contributed by atoms with Crippen molar-refractivity contribution in [1.82, 2.24) is 9.88 Å². The molecule has 4 rings (SSSR count). The largest absolute Gasteiger partial charge is 0.493 e. The van der Waals surface area contributed by atoms with Gasteiger partial charge in [-0.15, -0.1) is 0 Å². The Morgan fingerprint density at radius 1 is 1.28 bits per heavy atom. The topological polar surface area (TPSA) is 34.6 Å². The number of hydrogen-bond donors (Lipinski definition) is 0. The molecule has 0 saturated heterocycles. The van der Waals surface area contributed by atoms with Gasteiger partial charge in [0, 0.05) is 37.6 Å². The van der Waals surface area contributed by atoms with Crippen LogP contribution >= 0.6 is 11.3 Å². The summed E-state index contributed by atoms with van der Waals surface area (Å²) in [6, 6.07) is 10.5. The number of hydrogen-bond acceptors (Lipinski definition) is 5. The van der Waals surface area contributed by atoms with E-state index in [-0.39, 0.29) is 0 Å². The molecule has 3 heterocycles. The molecule has 0 unspecified atom stereocenters. The predicted octanol–water partition coefficient (Wildman–Crippen LogP) is 4.21. The van der Waals surface area contributed by atoms with Crippen molar-refractivity contribution in [3.63, 3.8) is 0 Å². The van der Waals surface area contributed by atoms with Crippen molar-refractivity contribution in [2.45, 2.75) is 13.1 Å². The van der Waals surface area contributed by atoms with Gasteiger partial charge in [0.15, 0.2) is 11.5 Å². The Morgan fingerprint density at radius 3 is 3.00 bits per heavy atom. The molecule has 3 aromatic rings. The lowest BCUT2D eigenvalue weighted by Crippen LogP contribution is -2.25. The van der Waals surface area contributed by atoms with Gasteiger partial charge in [-0.1, -0.05) is 6.07 Å². The maximum Gasteiger partial charge on any atom is 0.165 e. The lowest BCUT2D eigenvalue weighted by molar-refractivity contribution is 0.216. The summed E-state index contributed by atoms with van der Waals surface area (Å²) in [7, 11) is 1.70. The first-order valence-electron chi connectivity index (χ1n) is 8.31. The van der Waals surface area contributed by atoms with Crippen LogP contribution in [0.3, 0.4) is 0 Å². The Labute approximate surface area is 151 Å². The minimum Gasteiger partial charge on any atom is -0.493 e. The molecule has 0 radical (unpaired) electrons. The molecule has 0 spiro atoms. The van der Waals surface area contributed by atoms with Crippen LogP contribution in [0.2, 0.25) is 0 Å². The van der Waals surface area contributed by atoms with Crippen LogP contribution in [0.25, 0.3) is 11.1 Å². The fraction of sp³-hybridized carbons (Fsp3) is 0.250. The van der Waals surface area contributed by atoms with Crippen molar-refractivity contribution >= 4 is 11.3 Å². The summed E-state index contributed by atoms with van der Waals surface area (Å²) in [6.45, 7) is 3.22. The van der Waals surface area contributed by atoms with E-state index in [2.05, 4.69) is 44.9 Å². The molecule has 128 valence electrons. The van der Waals surface area contributed by atoms with Crippen LogP contribution in [0.15, 0.2) is 53.5 Å². The standard InChI is InChI=1S/C20H20N2O2S/c1-23-19-10-17(16-4-8-25-14-16)9-18-13-22(6-7-24-20(18)19)12-15-3-2-5-21-11-15/h2-5,8-11,14H,6-7,12-13H2,1H3. The molecule has 4 nitrogen and oxygen atoms in total. The minimum absolute atomic E-state index is 0.654. The highest BCUT2D eigenvalue weighted by molar-refractivity contribution is 7.08. The van der Waals surface area contributed by atoms with Gasteiger partial charge >= 0.3 is 0 Å². The first-order valence-corrected chi connectivity index (χ1v) is 9.25. The normalized spacial score (nSPS) is 14.4. The van der Waals surface area contributed by atoms with Crippen molar-refractivity contribution in [2.75, 3.05) is 20.3 Å². The van der Waals surface area contributed by atoms with E-state index in [1.807, 2.05) is 18.5 Å². The summed E-state index contributed by atoms with van der Waals surface area (Å²) in [4.78, 5) is 6.60. The predicted molar refractivity (Wildman–Crippen MR) is 100 cm³/mol. The number of benzene rings is 1. The van der Waals surface area contributed by atoms with Crippen molar-refractivity contribution in [2.24, 2.45) is 0 Å². The Bertz CT molecular complexity index is 834. The average Bonchev–Trinajstić information content (AvgIpc) is 3.10. The second kappa shape index (κ2) is 7.25. The summed E-state index contributed by atoms with van der Waals surface area (Å²) >= 11 is 1.70. The van der Waals surface area contributed by atoms with E-state index in [4.69, 9.17) is 9.47 Å². The number of ether oxygens (including phenoxy) is 2. The number of aromatic nitrogens is 1. The maximum atomic E-state index is 6.03. The van der Waals surface area contributed by atoms with Gasteiger partial charge in [-0.25, -0.2) is 0 Å². The second-order valence-electron chi connectivity index (χ2n) is 6.10. The summed E-state index contributed by atoms with van der Waals surface area (Å²) in [5.74, 6) is 1.68. The third kappa shape index (κ3) is 3.52. The van der Waals surface area contributed by atoms with E-state index in [0.717, 1.165) is 31.1 Å². The minimum atomic E-state index is 0.654. The number of rotatable bonds is 4. The smallest absolute Gasteiger partial charge is 0.165 e. The summed E-state index contributed by atoms with van der Waals surface area (Å²) in [6.07, 6.45) is 3.73. The molecule has 0 N–H and O–H groups in total. The molecule has 0 saturated carbocycles. The molecule has 0 aliphatic carbocycles. The van der Waals surface area contributed by atoms with E-state index in [0.29, 0.717) is 6.61 Å². The second-order valence-corrected chi connectivity index (χ2v) is 6.88. The summed E-state index contributed by atoms with van der Waals surface area (Å²) < 4.78 is 11.6. The van der Waals surface area contributed by atoms with Gasteiger partial charge < -0.3 is 9.47 Å². The van der Waals surface area contributed by atoms with E-state index in [1.54, 1.807) is 18.4 Å². The van der Waals surface area contributed by atoms with E-state index >= 15 is 0 Å². The SMILES string of the molecule is COc1cc(-c2ccsc2)cc2c1OCCN(Cc1cccnc1)C2. The molecule has 1 aliphatic heterocycles. The average molecular weight is 352 g/mol. The van der Waals surface area contributed by atoms with Gasteiger partial charge in [-0.3, -0.25) is 9.88 Å². The molecular formula is C20H20N2O2S. The lowest BCUT2D eigenvalue weighted by atomic mass is 10.0. The molecule has 5 heteroatoms. The van der Waals surface area contributed by atoms with Crippen LogP contribution in [-0.4, -0.2) is 30.1 Å². The fourth-order valence-corrected chi connectivity index (χ4v) is 3.83. The zero-order valence-electron chi connectivity index (χ0n) is 14.1. The highest BCUT2D eigenvalue weighted by atomic mass is 32.1. The molecule has 1 aromatic carbocycles. The van der Waals surface area contributed by atoms with Crippen molar-refractivity contribution in [1.29, 1.82) is 0 Å². The summed E-state index contributed by atoms with van der Waals surface area (Å²) in [5, 5.41) is 4.25. The maximum absolute atomic E-state index is 6.03. The van der Waals surface area contributed by atoms with Crippen LogP contribution in [0, 0.1) is 0 Å². The molecule has 25 heavy (non-hydrogen) atoms. The molecule has 0 amide bonds. The first kappa shape index (κ1) is 16.1. The first-order chi connectivity index (χ1) is 12.3. The van der Waals surface area contributed by atoms with Crippen molar-refractivity contribution < 1.29 is 9.47 Å². The quantitative estimate of drug-likeness (QED) is 0.704. The Hall–Kier alpha value is -2.37. The molecule has 0 bridgehead atoms. The Morgan fingerprint density at radius 2 is 2.24 bits per heavy atom.